The maximum Gasteiger partial charge on any atom is 0.308 e. The Morgan fingerprint density at radius 2 is 1.96 bits per heavy atom. The molecule has 0 aromatic heterocycles. The van der Waals surface area contributed by atoms with Gasteiger partial charge in [0.25, 0.3) is 0 Å². The summed E-state index contributed by atoms with van der Waals surface area (Å²) in [5.74, 6) is -0.790. The number of rotatable bonds is 7. The molecule has 7 heteroatoms. The Bertz CT molecular complexity index is 598. The highest BCUT2D eigenvalue weighted by atomic mass is 16.5. The summed E-state index contributed by atoms with van der Waals surface area (Å²) in [5, 5.41) is 9.02. The van der Waals surface area contributed by atoms with Crippen molar-refractivity contribution in [1.29, 1.82) is 0 Å². The van der Waals surface area contributed by atoms with Crippen LogP contribution in [-0.4, -0.2) is 72.8 Å². The van der Waals surface area contributed by atoms with Crippen molar-refractivity contribution in [2.45, 2.75) is 13.0 Å². The highest BCUT2D eigenvalue weighted by Crippen LogP contribution is 2.21. The minimum Gasteiger partial charge on any atom is -0.492 e. The standard InChI is InChI=1S/C18H24N2O5/c21-17-11-15(18(22)23)13-20(17)12-14-1-3-16(4-2-14)25-10-7-19-5-8-24-9-6-19/h1-4,15H,5-13H2,(H,22,23). The lowest BCUT2D eigenvalue weighted by Gasteiger charge is -2.26. The second-order valence-corrected chi connectivity index (χ2v) is 6.46. The van der Waals surface area contributed by atoms with Crippen LogP contribution in [0.4, 0.5) is 0 Å². The van der Waals surface area contributed by atoms with Gasteiger partial charge < -0.3 is 19.5 Å². The van der Waals surface area contributed by atoms with Crippen molar-refractivity contribution in [3.8, 4) is 5.75 Å². The van der Waals surface area contributed by atoms with Crippen LogP contribution in [0.15, 0.2) is 24.3 Å². The van der Waals surface area contributed by atoms with Crippen molar-refractivity contribution in [3.63, 3.8) is 0 Å². The van der Waals surface area contributed by atoms with Gasteiger partial charge in [0, 0.05) is 39.1 Å². The summed E-state index contributed by atoms with van der Waals surface area (Å²) in [4.78, 5) is 26.8. The number of nitrogens with zero attached hydrogens (tertiary/aromatic N) is 2. The van der Waals surface area contributed by atoms with Gasteiger partial charge in [0.15, 0.2) is 0 Å². The molecule has 1 aromatic carbocycles. The predicted octanol–water partition coefficient (Wildman–Crippen LogP) is 0.831. The SMILES string of the molecule is O=C(O)C1CC(=O)N(Cc2ccc(OCCN3CCOCC3)cc2)C1. The fourth-order valence-corrected chi connectivity index (χ4v) is 3.12. The Morgan fingerprint density at radius 1 is 1.24 bits per heavy atom. The van der Waals surface area contributed by atoms with Crippen LogP contribution in [0, 0.1) is 5.92 Å². The van der Waals surface area contributed by atoms with Gasteiger partial charge in [0.05, 0.1) is 19.1 Å². The highest BCUT2D eigenvalue weighted by molar-refractivity contribution is 5.86. The number of carbonyl (C=O) groups is 2. The lowest BCUT2D eigenvalue weighted by Crippen LogP contribution is -2.38. The van der Waals surface area contributed by atoms with Gasteiger partial charge >= 0.3 is 5.97 Å². The first-order valence-corrected chi connectivity index (χ1v) is 8.64. The minimum absolute atomic E-state index is 0.0953. The molecule has 0 bridgehead atoms. The highest BCUT2D eigenvalue weighted by Gasteiger charge is 2.33. The van der Waals surface area contributed by atoms with Crippen LogP contribution < -0.4 is 4.74 Å². The van der Waals surface area contributed by atoms with Crippen LogP contribution in [0.25, 0.3) is 0 Å². The van der Waals surface area contributed by atoms with E-state index < -0.39 is 11.9 Å². The molecule has 1 N–H and O–H groups in total. The van der Waals surface area contributed by atoms with Crippen molar-refractivity contribution >= 4 is 11.9 Å². The van der Waals surface area contributed by atoms with Crippen molar-refractivity contribution in [2.75, 3.05) is 46.0 Å². The molecule has 0 radical (unpaired) electrons. The summed E-state index contributed by atoms with van der Waals surface area (Å²) in [6, 6.07) is 7.63. The molecule has 25 heavy (non-hydrogen) atoms. The normalized spacial score (nSPS) is 21.5. The Hall–Kier alpha value is -2.12. The van der Waals surface area contributed by atoms with Gasteiger partial charge in [0.1, 0.15) is 12.4 Å². The number of morpholine rings is 1. The molecular formula is C18H24N2O5. The number of carboxylic acids is 1. The van der Waals surface area contributed by atoms with E-state index in [0.717, 1.165) is 44.2 Å². The third-order valence-electron chi connectivity index (χ3n) is 4.64. The van der Waals surface area contributed by atoms with Crippen molar-refractivity contribution in [1.82, 2.24) is 9.80 Å². The third-order valence-corrected chi connectivity index (χ3v) is 4.64. The lowest BCUT2D eigenvalue weighted by atomic mass is 10.1. The quantitative estimate of drug-likeness (QED) is 0.786. The number of benzene rings is 1. The molecule has 1 amide bonds. The van der Waals surface area contributed by atoms with Gasteiger partial charge in [-0.2, -0.15) is 0 Å². The van der Waals surface area contributed by atoms with E-state index in [0.29, 0.717) is 13.2 Å². The summed E-state index contributed by atoms with van der Waals surface area (Å²) < 4.78 is 11.1. The molecule has 1 aromatic rings. The number of ether oxygens (including phenoxy) is 2. The van der Waals surface area contributed by atoms with Gasteiger partial charge in [0.2, 0.25) is 5.91 Å². The summed E-state index contributed by atoms with van der Waals surface area (Å²) in [7, 11) is 0. The molecule has 7 nitrogen and oxygen atoms in total. The number of likely N-dealkylation sites (tertiary alicyclic amines) is 1. The summed E-state index contributed by atoms with van der Waals surface area (Å²) in [6.45, 7) is 5.70. The van der Waals surface area contributed by atoms with Gasteiger partial charge in [-0.1, -0.05) is 12.1 Å². The smallest absolute Gasteiger partial charge is 0.308 e. The molecule has 0 saturated carbocycles. The molecule has 2 aliphatic rings. The second-order valence-electron chi connectivity index (χ2n) is 6.46. The Kier molecular flexibility index (Phi) is 5.88. The third kappa shape index (κ3) is 4.93. The Morgan fingerprint density at radius 3 is 2.60 bits per heavy atom. The number of hydrogen-bond acceptors (Lipinski definition) is 5. The molecule has 136 valence electrons. The molecule has 1 unspecified atom stereocenters. The first kappa shape index (κ1) is 17.7. The van der Waals surface area contributed by atoms with Gasteiger partial charge in [-0.05, 0) is 17.7 Å². The van der Waals surface area contributed by atoms with E-state index in [9.17, 15) is 9.59 Å². The number of carboxylic acid groups (broad SMARTS) is 1. The van der Waals surface area contributed by atoms with Crippen LogP contribution >= 0.6 is 0 Å². The largest absolute Gasteiger partial charge is 0.492 e. The second kappa shape index (κ2) is 8.31. The van der Waals surface area contributed by atoms with Crippen molar-refractivity contribution in [2.24, 2.45) is 5.92 Å². The van der Waals surface area contributed by atoms with E-state index >= 15 is 0 Å². The average molecular weight is 348 g/mol. The molecule has 0 spiro atoms. The maximum atomic E-state index is 11.9. The van der Waals surface area contributed by atoms with Crippen molar-refractivity contribution in [3.05, 3.63) is 29.8 Å². The van der Waals surface area contributed by atoms with Gasteiger partial charge in [-0.15, -0.1) is 0 Å². The molecule has 1 atom stereocenters. The molecule has 2 heterocycles. The number of carbonyl (C=O) groups excluding carboxylic acids is 1. The maximum absolute atomic E-state index is 11.9. The van der Waals surface area contributed by atoms with Crippen LogP contribution in [0.1, 0.15) is 12.0 Å². The van der Waals surface area contributed by atoms with Crippen LogP contribution in [0.2, 0.25) is 0 Å². The van der Waals surface area contributed by atoms with E-state index in [-0.39, 0.29) is 18.9 Å². The monoisotopic (exact) mass is 348 g/mol. The Labute approximate surface area is 147 Å². The van der Waals surface area contributed by atoms with E-state index in [4.69, 9.17) is 14.6 Å². The number of hydrogen-bond donors (Lipinski definition) is 1. The molecule has 2 aliphatic heterocycles. The fourth-order valence-electron chi connectivity index (χ4n) is 3.12. The zero-order chi connectivity index (χ0) is 17.6. The van der Waals surface area contributed by atoms with Crippen LogP contribution in [0.3, 0.4) is 0 Å². The summed E-state index contributed by atoms with van der Waals surface area (Å²) >= 11 is 0. The first-order valence-electron chi connectivity index (χ1n) is 8.64. The number of amides is 1. The van der Waals surface area contributed by atoms with E-state index in [1.165, 1.54) is 0 Å². The van der Waals surface area contributed by atoms with E-state index in [1.54, 1.807) is 4.90 Å². The molecule has 2 saturated heterocycles. The lowest BCUT2D eigenvalue weighted by molar-refractivity contribution is -0.141. The van der Waals surface area contributed by atoms with Crippen molar-refractivity contribution < 1.29 is 24.2 Å². The fraction of sp³-hybridized carbons (Fsp3) is 0.556. The summed E-state index contributed by atoms with van der Waals surface area (Å²) in [5.41, 5.74) is 0.972. The zero-order valence-electron chi connectivity index (χ0n) is 14.2. The molecule has 2 fully saturated rings. The van der Waals surface area contributed by atoms with E-state index in [2.05, 4.69) is 4.90 Å². The predicted molar refractivity (Wildman–Crippen MR) is 90.4 cm³/mol. The topological polar surface area (TPSA) is 79.3 Å². The molecule has 0 aliphatic carbocycles. The minimum atomic E-state index is -0.903. The zero-order valence-corrected chi connectivity index (χ0v) is 14.2. The molecule has 3 rings (SSSR count). The average Bonchev–Trinajstić information content (AvgIpc) is 2.98. The van der Waals surface area contributed by atoms with E-state index in [1.807, 2.05) is 24.3 Å². The van der Waals surface area contributed by atoms with Gasteiger partial charge in [-0.25, -0.2) is 0 Å². The van der Waals surface area contributed by atoms with Crippen LogP contribution in [-0.2, 0) is 20.9 Å². The Balaban J connectivity index is 1.44. The molecular weight excluding hydrogens is 324 g/mol. The van der Waals surface area contributed by atoms with Gasteiger partial charge in [-0.3, -0.25) is 14.5 Å². The number of aliphatic carboxylic acids is 1. The van der Waals surface area contributed by atoms with Crippen LogP contribution in [0.5, 0.6) is 5.75 Å². The summed E-state index contributed by atoms with van der Waals surface area (Å²) in [6.07, 6.45) is 0.0953. The first-order chi connectivity index (χ1) is 12.1.